The largest absolute Gasteiger partial charge is 0.497 e. The highest BCUT2D eigenvalue weighted by Gasteiger charge is 2.22. The molecule has 166 valence electrons. The van der Waals surface area contributed by atoms with Crippen LogP contribution in [0.4, 0.5) is 0 Å². The van der Waals surface area contributed by atoms with E-state index in [1.54, 1.807) is 19.2 Å². The monoisotopic (exact) mass is 435 g/mol. The van der Waals surface area contributed by atoms with Crippen LogP contribution in [0.5, 0.6) is 23.0 Å². The highest BCUT2D eigenvalue weighted by atomic mass is 16.5. The molecule has 0 saturated carbocycles. The second-order valence-electron chi connectivity index (χ2n) is 7.00. The Morgan fingerprint density at radius 2 is 1.75 bits per heavy atom. The number of aryl methyl sites for hydroxylation is 1. The van der Waals surface area contributed by atoms with Crippen molar-refractivity contribution in [2.24, 2.45) is 5.10 Å². The van der Waals surface area contributed by atoms with Crippen molar-refractivity contribution in [2.45, 2.75) is 19.3 Å². The van der Waals surface area contributed by atoms with E-state index in [2.05, 4.69) is 10.5 Å². The van der Waals surface area contributed by atoms with Gasteiger partial charge >= 0.3 is 0 Å². The molecule has 1 aliphatic rings. The molecule has 2 aromatic rings. The van der Waals surface area contributed by atoms with E-state index in [-0.39, 0.29) is 5.57 Å². The number of hydrogen-bond donors (Lipinski definition) is 1. The number of nitriles is 1. The van der Waals surface area contributed by atoms with Gasteiger partial charge in [-0.2, -0.15) is 10.4 Å². The van der Waals surface area contributed by atoms with E-state index in [9.17, 15) is 10.1 Å². The lowest BCUT2D eigenvalue weighted by Crippen LogP contribution is -2.21. The molecule has 0 atom stereocenters. The Labute approximate surface area is 187 Å². The van der Waals surface area contributed by atoms with Gasteiger partial charge in [-0.1, -0.05) is 6.07 Å². The summed E-state index contributed by atoms with van der Waals surface area (Å²) in [6, 6.07) is 11.1. The first-order valence-electron chi connectivity index (χ1n) is 10.00. The lowest BCUT2D eigenvalue weighted by atomic mass is 9.84. The first kappa shape index (κ1) is 22.7. The Hall–Kier alpha value is -3.99. The molecule has 0 saturated heterocycles. The van der Waals surface area contributed by atoms with Crippen LogP contribution < -0.4 is 24.4 Å². The van der Waals surface area contributed by atoms with Crippen molar-refractivity contribution in [3.63, 3.8) is 0 Å². The zero-order valence-corrected chi connectivity index (χ0v) is 18.5. The number of methoxy groups -OCH3 is 4. The van der Waals surface area contributed by atoms with Crippen LogP contribution in [0, 0.1) is 11.3 Å². The van der Waals surface area contributed by atoms with E-state index in [0.717, 1.165) is 35.3 Å². The molecule has 1 amide bonds. The molecule has 0 aromatic heterocycles. The van der Waals surface area contributed by atoms with E-state index in [4.69, 9.17) is 18.9 Å². The zero-order valence-electron chi connectivity index (χ0n) is 18.5. The first-order chi connectivity index (χ1) is 15.6. The molecule has 0 fully saturated rings. The average Bonchev–Trinajstić information content (AvgIpc) is 2.83. The summed E-state index contributed by atoms with van der Waals surface area (Å²) in [6.45, 7) is 0. The van der Waals surface area contributed by atoms with Crippen LogP contribution in [-0.2, 0) is 11.2 Å². The predicted molar refractivity (Wildman–Crippen MR) is 120 cm³/mol. The van der Waals surface area contributed by atoms with Crippen molar-refractivity contribution < 1.29 is 23.7 Å². The van der Waals surface area contributed by atoms with Crippen LogP contribution in [0.25, 0.3) is 5.57 Å². The summed E-state index contributed by atoms with van der Waals surface area (Å²) in [5, 5.41) is 13.7. The minimum atomic E-state index is -0.560. The van der Waals surface area contributed by atoms with Gasteiger partial charge in [-0.15, -0.1) is 0 Å². The van der Waals surface area contributed by atoms with Crippen molar-refractivity contribution in [2.75, 3.05) is 28.4 Å². The molecule has 0 unspecified atom stereocenters. The fourth-order valence-corrected chi connectivity index (χ4v) is 3.70. The number of nitrogens with one attached hydrogen (secondary N) is 1. The maximum atomic E-state index is 12.7. The van der Waals surface area contributed by atoms with E-state index in [0.29, 0.717) is 29.2 Å². The Kier molecular flexibility index (Phi) is 7.34. The summed E-state index contributed by atoms with van der Waals surface area (Å²) in [5.41, 5.74) is 5.81. The molecule has 0 aliphatic heterocycles. The third-order valence-electron chi connectivity index (χ3n) is 5.22. The lowest BCUT2D eigenvalue weighted by molar-refractivity contribution is -0.117. The van der Waals surface area contributed by atoms with E-state index < -0.39 is 5.91 Å². The van der Waals surface area contributed by atoms with Crippen LogP contribution in [0.1, 0.15) is 29.5 Å². The van der Waals surface area contributed by atoms with Gasteiger partial charge in [-0.05, 0) is 60.2 Å². The number of carbonyl (C=O) groups is 1. The molecule has 8 heteroatoms. The molecule has 2 aromatic carbocycles. The molecular weight excluding hydrogens is 410 g/mol. The van der Waals surface area contributed by atoms with Crippen LogP contribution in [0.2, 0.25) is 0 Å². The molecule has 1 aliphatic carbocycles. The molecule has 0 spiro atoms. The van der Waals surface area contributed by atoms with Crippen molar-refractivity contribution in [3.05, 3.63) is 52.6 Å². The molecule has 8 nitrogen and oxygen atoms in total. The molecule has 0 heterocycles. The second kappa shape index (κ2) is 10.4. The van der Waals surface area contributed by atoms with Gasteiger partial charge in [-0.3, -0.25) is 4.79 Å². The van der Waals surface area contributed by atoms with Crippen molar-refractivity contribution in [1.29, 1.82) is 5.26 Å². The number of rotatable bonds is 7. The van der Waals surface area contributed by atoms with Crippen LogP contribution in [-0.4, -0.2) is 40.6 Å². The zero-order chi connectivity index (χ0) is 23.1. The number of hydrogen-bond acceptors (Lipinski definition) is 7. The lowest BCUT2D eigenvalue weighted by Gasteiger charge is -2.20. The fourth-order valence-electron chi connectivity index (χ4n) is 3.70. The third-order valence-corrected chi connectivity index (χ3v) is 5.22. The number of hydrazone groups is 1. The maximum absolute atomic E-state index is 12.7. The van der Waals surface area contributed by atoms with E-state index in [1.165, 1.54) is 27.5 Å². The van der Waals surface area contributed by atoms with Crippen LogP contribution >= 0.6 is 0 Å². The summed E-state index contributed by atoms with van der Waals surface area (Å²) < 4.78 is 21.2. The van der Waals surface area contributed by atoms with E-state index >= 15 is 0 Å². The first-order valence-corrected chi connectivity index (χ1v) is 10.00. The summed E-state index contributed by atoms with van der Waals surface area (Å²) >= 11 is 0. The van der Waals surface area contributed by atoms with Crippen LogP contribution in [0.15, 0.2) is 41.0 Å². The van der Waals surface area contributed by atoms with Crippen molar-refractivity contribution in [3.8, 4) is 29.1 Å². The van der Waals surface area contributed by atoms with E-state index in [1.807, 2.05) is 24.3 Å². The molecule has 32 heavy (non-hydrogen) atoms. The maximum Gasteiger partial charge on any atom is 0.282 e. The smallest absolute Gasteiger partial charge is 0.282 e. The minimum absolute atomic E-state index is 0.0539. The normalized spacial score (nSPS) is 14.2. The Balaban J connectivity index is 1.85. The number of allylic oxidation sites excluding steroid dienone is 1. The van der Waals surface area contributed by atoms with Gasteiger partial charge in [0.1, 0.15) is 17.4 Å². The van der Waals surface area contributed by atoms with Gasteiger partial charge in [0.25, 0.3) is 5.91 Å². The number of carbonyl (C=O) groups excluding carboxylic acids is 1. The summed E-state index contributed by atoms with van der Waals surface area (Å²) in [6.07, 6.45) is 3.81. The van der Waals surface area contributed by atoms with Gasteiger partial charge in [0.05, 0.1) is 34.7 Å². The second-order valence-corrected chi connectivity index (χ2v) is 7.00. The van der Waals surface area contributed by atoms with Gasteiger partial charge in [0.2, 0.25) is 5.75 Å². The van der Waals surface area contributed by atoms with Gasteiger partial charge in [0, 0.05) is 5.56 Å². The number of nitrogens with zero attached hydrogens (tertiary/aromatic N) is 2. The summed E-state index contributed by atoms with van der Waals surface area (Å²) in [5.74, 6) is 1.58. The molecule has 0 bridgehead atoms. The fraction of sp³-hybridized carbons (Fsp3) is 0.292. The average molecular weight is 435 g/mol. The van der Waals surface area contributed by atoms with Crippen molar-refractivity contribution in [1.82, 2.24) is 5.43 Å². The highest BCUT2D eigenvalue weighted by Crippen LogP contribution is 2.38. The summed E-state index contributed by atoms with van der Waals surface area (Å²) in [7, 11) is 6.16. The highest BCUT2D eigenvalue weighted by molar-refractivity contribution is 6.05. The van der Waals surface area contributed by atoms with Crippen LogP contribution in [0.3, 0.4) is 0 Å². The van der Waals surface area contributed by atoms with Gasteiger partial charge in [-0.25, -0.2) is 5.43 Å². The van der Waals surface area contributed by atoms with Crippen molar-refractivity contribution >= 4 is 17.7 Å². The Morgan fingerprint density at radius 1 is 1.03 bits per heavy atom. The quantitative estimate of drug-likeness (QED) is 0.309. The Bertz CT molecular complexity index is 1090. The topological polar surface area (TPSA) is 102 Å². The SMILES string of the molecule is COc1ccc2c(c1)CCCC2=C(C#N)C(=O)NN=Cc1cc(OC)c(OC)c(OC)c1. The molecule has 3 rings (SSSR count). The number of benzene rings is 2. The molecule has 0 radical (unpaired) electrons. The predicted octanol–water partition coefficient (Wildman–Crippen LogP) is 3.48. The number of fused-ring (bicyclic) bond motifs is 1. The molecular formula is C24H25N3O5. The standard InChI is InChI=1S/C24H25N3O5/c1-29-17-8-9-18-16(12-17)6-5-7-19(18)20(13-25)24(28)27-26-14-15-10-21(30-2)23(32-4)22(11-15)31-3/h8-12,14H,5-7H2,1-4H3,(H,27,28). The Morgan fingerprint density at radius 3 is 2.34 bits per heavy atom. The van der Waals surface area contributed by atoms with Gasteiger partial charge in [0.15, 0.2) is 11.5 Å². The number of ether oxygens (including phenoxy) is 4. The number of amides is 1. The summed E-state index contributed by atoms with van der Waals surface area (Å²) in [4.78, 5) is 12.7. The van der Waals surface area contributed by atoms with Gasteiger partial charge < -0.3 is 18.9 Å². The molecule has 1 N–H and O–H groups in total. The minimum Gasteiger partial charge on any atom is -0.497 e. The third kappa shape index (κ3) is 4.67.